The third-order valence-corrected chi connectivity index (χ3v) is 3.12. The summed E-state index contributed by atoms with van der Waals surface area (Å²) >= 11 is 0. The molecule has 0 saturated carbocycles. The Hall–Kier alpha value is -2.39. The van der Waals surface area contributed by atoms with E-state index in [1.807, 2.05) is 0 Å². The highest BCUT2D eigenvalue weighted by Gasteiger charge is 2.42. The molecule has 2 rings (SSSR count). The minimum absolute atomic E-state index is 0.0667. The molecule has 5 nitrogen and oxygen atoms in total. The Labute approximate surface area is 127 Å². The SMILES string of the molecule is CC(=O)N/N=C1\Nc2c(C(F)(F)F)cc(F)c(F)c2NC1(C)C. The minimum atomic E-state index is -4.91. The number of amides is 1. The van der Waals surface area contributed by atoms with Gasteiger partial charge < -0.3 is 10.6 Å². The van der Waals surface area contributed by atoms with Crippen LogP contribution in [0.2, 0.25) is 0 Å². The Morgan fingerprint density at radius 1 is 1.26 bits per heavy atom. The Kier molecular flexibility index (Phi) is 3.95. The number of rotatable bonds is 1. The van der Waals surface area contributed by atoms with Crippen LogP contribution in [-0.2, 0) is 11.0 Å². The second kappa shape index (κ2) is 5.36. The monoisotopic (exact) mass is 336 g/mol. The molecule has 0 aliphatic carbocycles. The summed E-state index contributed by atoms with van der Waals surface area (Å²) in [6.45, 7) is 4.11. The molecule has 23 heavy (non-hydrogen) atoms. The number of carbonyl (C=O) groups is 1. The average molecular weight is 336 g/mol. The second-order valence-electron chi connectivity index (χ2n) is 5.47. The van der Waals surface area contributed by atoms with Crippen molar-refractivity contribution in [3.8, 4) is 0 Å². The van der Waals surface area contributed by atoms with E-state index >= 15 is 0 Å². The largest absolute Gasteiger partial charge is 0.418 e. The second-order valence-corrected chi connectivity index (χ2v) is 5.47. The highest BCUT2D eigenvalue weighted by Crippen LogP contribution is 2.44. The molecule has 1 aromatic carbocycles. The fraction of sp³-hybridized carbons (Fsp3) is 0.385. The number of fused-ring (bicyclic) bond motifs is 1. The van der Waals surface area contributed by atoms with E-state index in [4.69, 9.17) is 0 Å². The maximum atomic E-state index is 13.9. The van der Waals surface area contributed by atoms with Crippen molar-refractivity contribution in [3.05, 3.63) is 23.3 Å². The van der Waals surface area contributed by atoms with Crippen molar-refractivity contribution in [2.45, 2.75) is 32.5 Å². The van der Waals surface area contributed by atoms with Crippen molar-refractivity contribution in [1.82, 2.24) is 5.43 Å². The molecular formula is C13H13F5N4O. The van der Waals surface area contributed by atoms with Gasteiger partial charge in [-0.2, -0.15) is 18.3 Å². The third kappa shape index (κ3) is 3.20. The Morgan fingerprint density at radius 2 is 1.87 bits per heavy atom. The van der Waals surface area contributed by atoms with Crippen molar-refractivity contribution in [1.29, 1.82) is 0 Å². The molecule has 3 N–H and O–H groups in total. The zero-order valence-electron chi connectivity index (χ0n) is 12.3. The van der Waals surface area contributed by atoms with Crippen LogP contribution >= 0.6 is 0 Å². The van der Waals surface area contributed by atoms with E-state index in [1.54, 1.807) is 0 Å². The number of hydrogen-bond acceptors (Lipinski definition) is 3. The average Bonchev–Trinajstić information content (AvgIpc) is 2.39. The molecule has 0 unspecified atom stereocenters. The van der Waals surface area contributed by atoms with Gasteiger partial charge >= 0.3 is 6.18 Å². The van der Waals surface area contributed by atoms with Gasteiger partial charge in [0.1, 0.15) is 0 Å². The lowest BCUT2D eigenvalue weighted by molar-refractivity contribution is -0.137. The Bertz CT molecular complexity index is 697. The molecule has 1 aliphatic rings. The standard InChI is InChI=1S/C13H13F5N4O/c1-5(23)21-22-11-12(2,3)20-10-8(15)7(14)4-6(9(10)19-11)13(16,17)18/h4,20H,1-3H3,(H,19,22)(H,21,23). The van der Waals surface area contributed by atoms with Crippen molar-refractivity contribution in [2.75, 3.05) is 10.6 Å². The van der Waals surface area contributed by atoms with Gasteiger partial charge in [-0.15, -0.1) is 0 Å². The molecule has 0 spiro atoms. The summed E-state index contributed by atoms with van der Waals surface area (Å²) in [6.07, 6.45) is -4.91. The summed E-state index contributed by atoms with van der Waals surface area (Å²) in [7, 11) is 0. The lowest BCUT2D eigenvalue weighted by Gasteiger charge is -2.37. The number of nitrogens with zero attached hydrogens (tertiary/aromatic N) is 1. The maximum absolute atomic E-state index is 13.9. The summed E-state index contributed by atoms with van der Waals surface area (Å²) < 4.78 is 66.5. The van der Waals surface area contributed by atoms with Crippen molar-refractivity contribution in [3.63, 3.8) is 0 Å². The van der Waals surface area contributed by atoms with Crippen LogP contribution < -0.4 is 16.1 Å². The fourth-order valence-electron chi connectivity index (χ4n) is 2.05. The first-order valence-electron chi connectivity index (χ1n) is 6.42. The molecule has 1 aromatic rings. The first-order chi connectivity index (χ1) is 10.4. The van der Waals surface area contributed by atoms with Crippen LogP contribution in [0.15, 0.2) is 11.2 Å². The first-order valence-corrected chi connectivity index (χ1v) is 6.42. The number of benzene rings is 1. The molecule has 1 heterocycles. The van der Waals surface area contributed by atoms with E-state index in [0.29, 0.717) is 0 Å². The summed E-state index contributed by atoms with van der Waals surface area (Å²) in [6, 6.07) is 0.0667. The number of carbonyl (C=O) groups excluding carboxylic acids is 1. The Morgan fingerprint density at radius 3 is 2.39 bits per heavy atom. The summed E-state index contributed by atoms with van der Waals surface area (Å²) in [4.78, 5) is 10.9. The molecule has 0 saturated heterocycles. The smallest absolute Gasteiger partial charge is 0.369 e. The van der Waals surface area contributed by atoms with E-state index < -0.39 is 46.2 Å². The van der Waals surface area contributed by atoms with E-state index in [9.17, 15) is 26.7 Å². The molecule has 1 amide bonds. The lowest BCUT2D eigenvalue weighted by Crippen LogP contribution is -2.49. The number of hydrazone groups is 1. The molecule has 0 fully saturated rings. The van der Waals surface area contributed by atoms with Crippen LogP contribution in [0, 0.1) is 11.6 Å². The Balaban J connectivity index is 2.63. The number of halogens is 5. The van der Waals surface area contributed by atoms with Gasteiger partial charge in [0.25, 0.3) is 0 Å². The zero-order valence-corrected chi connectivity index (χ0v) is 12.3. The number of anilines is 2. The topological polar surface area (TPSA) is 65.5 Å². The summed E-state index contributed by atoms with van der Waals surface area (Å²) in [5.74, 6) is -3.69. The highest BCUT2D eigenvalue weighted by atomic mass is 19.4. The van der Waals surface area contributed by atoms with Crippen LogP contribution in [0.25, 0.3) is 0 Å². The van der Waals surface area contributed by atoms with Gasteiger partial charge in [-0.25, -0.2) is 14.2 Å². The van der Waals surface area contributed by atoms with Crippen LogP contribution in [0.5, 0.6) is 0 Å². The molecule has 0 atom stereocenters. The first kappa shape index (κ1) is 17.0. The highest BCUT2D eigenvalue weighted by molar-refractivity contribution is 6.10. The third-order valence-electron chi connectivity index (χ3n) is 3.12. The quantitative estimate of drug-likeness (QED) is 0.545. The van der Waals surface area contributed by atoms with Gasteiger partial charge in [0.2, 0.25) is 5.91 Å². The maximum Gasteiger partial charge on any atom is 0.418 e. The lowest BCUT2D eigenvalue weighted by atomic mass is 9.97. The number of alkyl halides is 3. The van der Waals surface area contributed by atoms with Crippen LogP contribution in [-0.4, -0.2) is 17.3 Å². The minimum Gasteiger partial charge on any atom is -0.369 e. The van der Waals surface area contributed by atoms with Crippen molar-refractivity contribution < 1.29 is 26.7 Å². The van der Waals surface area contributed by atoms with E-state index in [2.05, 4.69) is 21.2 Å². The summed E-state index contributed by atoms with van der Waals surface area (Å²) in [5, 5.41) is 8.47. The molecular weight excluding hydrogens is 323 g/mol. The van der Waals surface area contributed by atoms with Crippen LogP contribution in [0.1, 0.15) is 26.3 Å². The predicted molar refractivity (Wildman–Crippen MR) is 73.9 cm³/mol. The van der Waals surface area contributed by atoms with Gasteiger partial charge in [-0.3, -0.25) is 4.79 Å². The number of nitrogens with one attached hydrogen (secondary N) is 3. The van der Waals surface area contributed by atoms with Gasteiger partial charge in [-0.05, 0) is 19.9 Å². The zero-order chi connectivity index (χ0) is 17.6. The van der Waals surface area contributed by atoms with Crippen LogP contribution in [0.4, 0.5) is 33.3 Å². The van der Waals surface area contributed by atoms with E-state index in [1.165, 1.54) is 13.8 Å². The predicted octanol–water partition coefficient (Wildman–Crippen LogP) is 3.05. The van der Waals surface area contributed by atoms with Gasteiger partial charge in [0.15, 0.2) is 17.5 Å². The van der Waals surface area contributed by atoms with Gasteiger partial charge in [0.05, 0.1) is 22.5 Å². The fourth-order valence-corrected chi connectivity index (χ4v) is 2.05. The molecule has 10 heteroatoms. The van der Waals surface area contributed by atoms with Gasteiger partial charge in [-0.1, -0.05) is 0 Å². The number of hydrogen-bond donors (Lipinski definition) is 3. The molecule has 0 radical (unpaired) electrons. The van der Waals surface area contributed by atoms with Crippen LogP contribution in [0.3, 0.4) is 0 Å². The van der Waals surface area contributed by atoms with E-state index in [0.717, 1.165) is 6.92 Å². The van der Waals surface area contributed by atoms with Crippen molar-refractivity contribution >= 4 is 23.1 Å². The van der Waals surface area contributed by atoms with E-state index in [-0.39, 0.29) is 11.9 Å². The molecule has 0 aromatic heterocycles. The summed E-state index contributed by atoms with van der Waals surface area (Å²) in [5.41, 5.74) is -1.82. The van der Waals surface area contributed by atoms with Gasteiger partial charge in [0, 0.05) is 6.92 Å². The molecule has 1 aliphatic heterocycles. The molecule has 0 bridgehead atoms. The van der Waals surface area contributed by atoms with Crippen molar-refractivity contribution in [2.24, 2.45) is 5.10 Å². The normalized spacial score (nSPS) is 18.0. The molecule has 126 valence electrons. The number of amidine groups is 1.